The van der Waals surface area contributed by atoms with Crippen LogP contribution in [0.4, 0.5) is 18.9 Å². The molecule has 0 saturated carbocycles. The second-order valence-electron chi connectivity index (χ2n) is 6.20. The van der Waals surface area contributed by atoms with E-state index >= 15 is 0 Å². The summed E-state index contributed by atoms with van der Waals surface area (Å²) in [5.74, 6) is -0.708. The van der Waals surface area contributed by atoms with E-state index in [4.69, 9.17) is 16.3 Å². The molecule has 1 N–H and O–H groups in total. The predicted molar refractivity (Wildman–Crippen MR) is 105 cm³/mol. The molecule has 0 fully saturated rings. The lowest BCUT2D eigenvalue weighted by Gasteiger charge is -2.21. The van der Waals surface area contributed by atoms with Crippen LogP contribution >= 0.6 is 11.6 Å². The van der Waals surface area contributed by atoms with Crippen LogP contribution in [0.1, 0.15) is 12.5 Å². The molecule has 162 valence electrons. The molecule has 1 aromatic heterocycles. The Labute approximate surface area is 175 Å². The van der Waals surface area contributed by atoms with Crippen LogP contribution in [-0.2, 0) is 22.3 Å². The number of likely N-dealkylation sites (N-methyl/N-ethyl adjacent to an activating group) is 1. The number of nitrogens with one attached hydrogen (secondary N) is 1. The molecule has 0 saturated heterocycles. The van der Waals surface area contributed by atoms with Crippen LogP contribution in [0, 0.1) is 0 Å². The maximum Gasteiger partial charge on any atom is 0.417 e. The highest BCUT2D eigenvalue weighted by molar-refractivity contribution is 6.30. The number of aromatic nitrogens is 1. The number of hydrogen-bond donors (Lipinski definition) is 1. The summed E-state index contributed by atoms with van der Waals surface area (Å²) in [5, 5.41) is 1.94. The Kier molecular flexibility index (Phi) is 7.49. The Morgan fingerprint density at radius 3 is 2.57 bits per heavy atom. The fourth-order valence-corrected chi connectivity index (χ4v) is 2.79. The second-order valence-corrected chi connectivity index (χ2v) is 6.60. The molecule has 0 aliphatic rings. The number of ether oxygens (including phenoxy) is 1. The Balaban J connectivity index is 2.12. The van der Waals surface area contributed by atoms with E-state index in [1.54, 1.807) is 31.2 Å². The molecule has 0 radical (unpaired) electrons. The average Bonchev–Trinajstić information content (AvgIpc) is 2.68. The number of rotatable bonds is 7. The smallest absolute Gasteiger partial charge is 0.417 e. The summed E-state index contributed by atoms with van der Waals surface area (Å²) in [5.41, 5.74) is -1.64. The molecule has 0 aliphatic heterocycles. The van der Waals surface area contributed by atoms with E-state index in [-0.39, 0.29) is 13.1 Å². The molecular weight excluding hydrogens is 427 g/mol. The number of methoxy groups -OCH3 is 1. The largest absolute Gasteiger partial charge is 0.497 e. The van der Waals surface area contributed by atoms with E-state index in [0.717, 1.165) is 4.90 Å². The topological polar surface area (TPSA) is 80.6 Å². The monoisotopic (exact) mass is 445 g/mol. The van der Waals surface area contributed by atoms with Crippen molar-refractivity contribution in [3.63, 3.8) is 0 Å². The Bertz CT molecular complexity index is 992. The van der Waals surface area contributed by atoms with Crippen molar-refractivity contribution < 1.29 is 27.5 Å². The summed E-state index contributed by atoms with van der Waals surface area (Å²) >= 11 is 5.59. The number of pyridine rings is 1. The number of alkyl halides is 3. The molecular formula is C19H19ClF3N3O4. The van der Waals surface area contributed by atoms with Crippen LogP contribution in [0.5, 0.6) is 5.75 Å². The van der Waals surface area contributed by atoms with Gasteiger partial charge in [-0.2, -0.15) is 13.2 Å². The highest BCUT2D eigenvalue weighted by Gasteiger charge is 2.32. The number of benzene rings is 1. The third kappa shape index (κ3) is 5.99. The van der Waals surface area contributed by atoms with Crippen molar-refractivity contribution >= 4 is 29.1 Å². The van der Waals surface area contributed by atoms with Gasteiger partial charge in [-0.05, 0) is 25.1 Å². The first-order valence-electron chi connectivity index (χ1n) is 8.74. The molecule has 0 bridgehead atoms. The van der Waals surface area contributed by atoms with Crippen molar-refractivity contribution in [1.29, 1.82) is 0 Å². The minimum atomic E-state index is -4.73. The molecule has 0 spiro atoms. The molecule has 30 heavy (non-hydrogen) atoms. The van der Waals surface area contributed by atoms with E-state index in [9.17, 15) is 27.6 Å². The molecule has 0 atom stereocenters. The minimum absolute atomic E-state index is 0.103. The van der Waals surface area contributed by atoms with E-state index in [1.807, 2.05) is 0 Å². The molecule has 1 heterocycles. The van der Waals surface area contributed by atoms with Crippen LogP contribution in [0.3, 0.4) is 0 Å². The molecule has 2 amide bonds. The zero-order valence-corrected chi connectivity index (χ0v) is 16.9. The highest BCUT2D eigenvalue weighted by atomic mass is 35.5. The first-order valence-corrected chi connectivity index (χ1v) is 9.11. The third-order valence-corrected chi connectivity index (χ3v) is 4.37. The third-order valence-electron chi connectivity index (χ3n) is 4.10. The fraction of sp³-hybridized carbons (Fsp3) is 0.316. The Hall–Kier alpha value is -3.01. The van der Waals surface area contributed by atoms with E-state index < -0.39 is 40.7 Å². The van der Waals surface area contributed by atoms with Crippen molar-refractivity contribution in [1.82, 2.24) is 9.47 Å². The lowest BCUT2D eigenvalue weighted by molar-refractivity contribution is -0.139. The zero-order valence-electron chi connectivity index (χ0n) is 16.1. The van der Waals surface area contributed by atoms with Crippen LogP contribution in [-0.4, -0.2) is 41.5 Å². The minimum Gasteiger partial charge on any atom is -0.497 e. The molecule has 7 nitrogen and oxygen atoms in total. The Morgan fingerprint density at radius 2 is 1.97 bits per heavy atom. The number of hydrogen-bond acceptors (Lipinski definition) is 4. The predicted octanol–water partition coefficient (Wildman–Crippen LogP) is 3.02. The number of halogens is 4. The standard InChI is InChI=1S/C19H19ClF3N3O4/c1-3-25(10-16(27)24-13-5-4-6-14(8-13)30-2)17(28)11-26-9-12(19(21,22)23)7-15(20)18(26)29/h4-9H,3,10-11H2,1-2H3,(H,24,27). The number of carbonyl (C=O) groups excluding carboxylic acids is 2. The molecule has 2 rings (SSSR count). The second kappa shape index (κ2) is 9.66. The van der Waals surface area contributed by atoms with Crippen molar-refractivity contribution in [3.8, 4) is 5.75 Å². The number of carbonyl (C=O) groups is 2. The van der Waals surface area contributed by atoms with Gasteiger partial charge in [0.05, 0.1) is 19.2 Å². The molecule has 11 heteroatoms. The maximum absolute atomic E-state index is 12.9. The fourth-order valence-electron chi connectivity index (χ4n) is 2.57. The lowest BCUT2D eigenvalue weighted by atomic mass is 10.2. The number of nitrogens with zero attached hydrogens (tertiary/aromatic N) is 2. The molecule has 0 unspecified atom stereocenters. The van der Waals surface area contributed by atoms with Crippen molar-refractivity contribution in [2.75, 3.05) is 25.5 Å². The normalized spacial score (nSPS) is 11.1. The van der Waals surface area contributed by atoms with Gasteiger partial charge in [-0.3, -0.25) is 14.4 Å². The summed E-state index contributed by atoms with van der Waals surface area (Å²) in [6.07, 6.45) is -4.21. The van der Waals surface area contributed by atoms with Crippen molar-refractivity contribution in [2.45, 2.75) is 19.6 Å². The van der Waals surface area contributed by atoms with Gasteiger partial charge in [0.25, 0.3) is 5.56 Å². The molecule has 1 aromatic carbocycles. The van der Waals surface area contributed by atoms with Gasteiger partial charge in [-0.15, -0.1) is 0 Å². The Morgan fingerprint density at radius 1 is 1.27 bits per heavy atom. The number of anilines is 1. The van der Waals surface area contributed by atoms with Crippen LogP contribution in [0.15, 0.2) is 41.3 Å². The summed E-state index contributed by atoms with van der Waals surface area (Å²) in [4.78, 5) is 37.9. The van der Waals surface area contributed by atoms with Gasteiger partial charge in [0, 0.05) is 24.5 Å². The summed E-state index contributed by atoms with van der Waals surface area (Å²) in [6.45, 7) is 0.654. The van der Waals surface area contributed by atoms with Gasteiger partial charge in [0.2, 0.25) is 11.8 Å². The maximum atomic E-state index is 12.9. The summed E-state index contributed by atoms with van der Waals surface area (Å²) in [6, 6.07) is 7.07. The van der Waals surface area contributed by atoms with Gasteiger partial charge >= 0.3 is 6.18 Å². The van der Waals surface area contributed by atoms with Gasteiger partial charge in [-0.1, -0.05) is 17.7 Å². The van der Waals surface area contributed by atoms with E-state index in [0.29, 0.717) is 28.3 Å². The lowest BCUT2D eigenvalue weighted by Crippen LogP contribution is -2.41. The van der Waals surface area contributed by atoms with Gasteiger partial charge in [0.1, 0.15) is 17.3 Å². The van der Waals surface area contributed by atoms with Crippen molar-refractivity contribution in [2.24, 2.45) is 0 Å². The quantitative estimate of drug-likeness (QED) is 0.710. The SMILES string of the molecule is CCN(CC(=O)Nc1cccc(OC)c1)C(=O)Cn1cc(C(F)(F)F)cc(Cl)c1=O. The van der Waals surface area contributed by atoms with Crippen LogP contribution in [0.25, 0.3) is 0 Å². The van der Waals surface area contributed by atoms with Gasteiger partial charge in [-0.25, -0.2) is 0 Å². The van der Waals surface area contributed by atoms with E-state index in [1.165, 1.54) is 7.11 Å². The molecule has 2 aromatic rings. The number of amides is 2. The molecule has 0 aliphatic carbocycles. The van der Waals surface area contributed by atoms with Crippen molar-refractivity contribution in [3.05, 3.63) is 57.5 Å². The van der Waals surface area contributed by atoms with Crippen LogP contribution < -0.4 is 15.6 Å². The zero-order chi connectivity index (χ0) is 22.5. The van der Waals surface area contributed by atoms with Crippen LogP contribution in [0.2, 0.25) is 5.02 Å². The average molecular weight is 446 g/mol. The first-order chi connectivity index (χ1) is 14.0. The summed E-state index contributed by atoms with van der Waals surface area (Å²) in [7, 11) is 1.47. The summed E-state index contributed by atoms with van der Waals surface area (Å²) < 4.78 is 44.5. The highest BCUT2D eigenvalue weighted by Crippen LogP contribution is 2.29. The van der Waals surface area contributed by atoms with Gasteiger partial charge in [0.15, 0.2) is 0 Å². The van der Waals surface area contributed by atoms with E-state index in [2.05, 4.69) is 5.32 Å². The first kappa shape index (κ1) is 23.3. The van der Waals surface area contributed by atoms with Gasteiger partial charge < -0.3 is 19.5 Å².